The van der Waals surface area contributed by atoms with Crippen LogP contribution in [-0.4, -0.2) is 30.9 Å². The lowest BCUT2D eigenvalue weighted by molar-refractivity contribution is 0.177. The summed E-state index contributed by atoms with van der Waals surface area (Å²) < 4.78 is 5.62. The maximum absolute atomic E-state index is 5.62. The topological polar surface area (TPSA) is 24.8 Å². The zero-order chi connectivity index (χ0) is 10.2. The molecule has 0 atom stereocenters. The standard InChI is InChI=1S/C11H16N2O/c1-11(2)4-5-12-10-9(8-11)14-7-6-13(10)3/h4-5,8H,6-7H2,1-3H3. The number of fused-ring (bicyclic) bond motifs is 1. The second-order valence-corrected chi connectivity index (χ2v) is 4.37. The first-order chi connectivity index (χ1) is 6.58. The molecule has 0 aromatic carbocycles. The Morgan fingerprint density at radius 2 is 2.29 bits per heavy atom. The predicted molar refractivity (Wildman–Crippen MR) is 57.0 cm³/mol. The number of hydrogen-bond acceptors (Lipinski definition) is 3. The van der Waals surface area contributed by atoms with Crippen molar-refractivity contribution in [1.82, 2.24) is 4.90 Å². The summed E-state index contributed by atoms with van der Waals surface area (Å²) in [6, 6.07) is 0. The fraction of sp³-hybridized carbons (Fsp3) is 0.545. The van der Waals surface area contributed by atoms with E-state index in [2.05, 4.69) is 35.9 Å². The molecule has 2 aliphatic rings. The molecule has 76 valence electrons. The van der Waals surface area contributed by atoms with E-state index in [0.717, 1.165) is 24.7 Å². The number of allylic oxidation sites excluding steroid dienone is 2. The molecule has 0 aromatic rings. The van der Waals surface area contributed by atoms with Crippen molar-refractivity contribution in [3.05, 3.63) is 24.1 Å². The van der Waals surface area contributed by atoms with Crippen LogP contribution in [0.25, 0.3) is 0 Å². The molecule has 0 spiro atoms. The third kappa shape index (κ3) is 1.67. The molecule has 0 aliphatic carbocycles. The molecule has 0 radical (unpaired) electrons. The van der Waals surface area contributed by atoms with Crippen molar-refractivity contribution in [2.24, 2.45) is 10.4 Å². The van der Waals surface area contributed by atoms with Gasteiger partial charge in [-0.25, -0.2) is 4.99 Å². The highest BCUT2D eigenvalue weighted by Crippen LogP contribution is 2.26. The highest BCUT2D eigenvalue weighted by Gasteiger charge is 2.24. The van der Waals surface area contributed by atoms with Crippen LogP contribution in [-0.2, 0) is 4.74 Å². The van der Waals surface area contributed by atoms with Crippen molar-refractivity contribution < 1.29 is 4.74 Å². The molecule has 0 bridgehead atoms. The smallest absolute Gasteiger partial charge is 0.170 e. The van der Waals surface area contributed by atoms with Gasteiger partial charge in [0.25, 0.3) is 0 Å². The average molecular weight is 192 g/mol. The molecule has 0 amide bonds. The fourth-order valence-electron chi connectivity index (χ4n) is 1.61. The molecule has 14 heavy (non-hydrogen) atoms. The maximum Gasteiger partial charge on any atom is 0.170 e. The molecule has 0 saturated carbocycles. The first-order valence-electron chi connectivity index (χ1n) is 4.91. The number of hydrogen-bond donors (Lipinski definition) is 0. The highest BCUT2D eigenvalue weighted by atomic mass is 16.5. The van der Waals surface area contributed by atoms with E-state index in [1.807, 2.05) is 13.2 Å². The molecule has 0 unspecified atom stereocenters. The van der Waals surface area contributed by atoms with Gasteiger partial charge >= 0.3 is 0 Å². The number of rotatable bonds is 0. The summed E-state index contributed by atoms with van der Waals surface area (Å²) in [5, 5.41) is 0. The van der Waals surface area contributed by atoms with Gasteiger partial charge in [-0.3, -0.25) is 0 Å². The third-order valence-electron chi connectivity index (χ3n) is 2.47. The largest absolute Gasteiger partial charge is 0.488 e. The zero-order valence-electron chi connectivity index (χ0n) is 8.95. The lowest BCUT2D eigenvalue weighted by Gasteiger charge is -2.29. The summed E-state index contributed by atoms with van der Waals surface area (Å²) in [6.45, 7) is 5.95. The zero-order valence-corrected chi connectivity index (χ0v) is 8.95. The van der Waals surface area contributed by atoms with Gasteiger partial charge in [0.1, 0.15) is 6.61 Å². The van der Waals surface area contributed by atoms with Crippen LogP contribution in [0.3, 0.4) is 0 Å². The van der Waals surface area contributed by atoms with Crippen LogP contribution < -0.4 is 0 Å². The van der Waals surface area contributed by atoms with Gasteiger partial charge in [-0.2, -0.15) is 0 Å². The van der Waals surface area contributed by atoms with Gasteiger partial charge in [-0.05, 0) is 6.08 Å². The van der Waals surface area contributed by atoms with Crippen LogP contribution >= 0.6 is 0 Å². The number of aliphatic imine (C=N–C) groups is 1. The Hall–Kier alpha value is -1.25. The van der Waals surface area contributed by atoms with Crippen molar-refractivity contribution >= 4 is 5.84 Å². The SMILES string of the molecule is CN1CCOC2=CC(C)(C)C=CN=C21. The van der Waals surface area contributed by atoms with Crippen molar-refractivity contribution in [3.8, 4) is 0 Å². The minimum Gasteiger partial charge on any atom is -0.488 e. The lowest BCUT2D eigenvalue weighted by atomic mass is 9.93. The Kier molecular flexibility index (Phi) is 2.10. The second-order valence-electron chi connectivity index (χ2n) is 4.37. The molecule has 1 saturated heterocycles. The molecular formula is C11H16N2O. The van der Waals surface area contributed by atoms with Crippen molar-refractivity contribution in [3.63, 3.8) is 0 Å². The summed E-state index contributed by atoms with van der Waals surface area (Å²) in [7, 11) is 2.04. The van der Waals surface area contributed by atoms with E-state index in [-0.39, 0.29) is 5.41 Å². The molecular weight excluding hydrogens is 176 g/mol. The molecule has 2 rings (SSSR count). The molecule has 0 N–H and O–H groups in total. The normalized spacial score (nSPS) is 24.4. The monoisotopic (exact) mass is 192 g/mol. The van der Waals surface area contributed by atoms with E-state index in [0.29, 0.717) is 0 Å². The Morgan fingerprint density at radius 1 is 1.50 bits per heavy atom. The van der Waals surface area contributed by atoms with E-state index in [1.54, 1.807) is 0 Å². The lowest BCUT2D eigenvalue weighted by Crippen LogP contribution is -2.37. The number of nitrogens with zero attached hydrogens (tertiary/aromatic N) is 2. The maximum atomic E-state index is 5.62. The molecule has 3 nitrogen and oxygen atoms in total. The third-order valence-corrected chi connectivity index (χ3v) is 2.47. The molecule has 2 heterocycles. The predicted octanol–water partition coefficient (Wildman–Crippen LogP) is 1.78. The Balaban J connectivity index is 2.38. The minimum absolute atomic E-state index is 0.0266. The van der Waals surface area contributed by atoms with Crippen LogP contribution in [0.5, 0.6) is 0 Å². The summed E-state index contributed by atoms with van der Waals surface area (Å²) in [5.74, 6) is 1.85. The quantitative estimate of drug-likeness (QED) is 0.584. The van der Waals surface area contributed by atoms with Gasteiger partial charge in [-0.1, -0.05) is 19.9 Å². The van der Waals surface area contributed by atoms with Gasteiger partial charge in [0.05, 0.1) is 6.54 Å². The van der Waals surface area contributed by atoms with Crippen LogP contribution in [0, 0.1) is 5.41 Å². The summed E-state index contributed by atoms with van der Waals surface area (Å²) >= 11 is 0. The van der Waals surface area contributed by atoms with Gasteiger partial charge in [0.2, 0.25) is 0 Å². The van der Waals surface area contributed by atoms with E-state index in [4.69, 9.17) is 4.74 Å². The van der Waals surface area contributed by atoms with Crippen molar-refractivity contribution in [2.45, 2.75) is 13.8 Å². The van der Waals surface area contributed by atoms with Crippen molar-refractivity contribution in [1.29, 1.82) is 0 Å². The van der Waals surface area contributed by atoms with Crippen LogP contribution in [0.4, 0.5) is 0 Å². The first-order valence-corrected chi connectivity index (χ1v) is 4.91. The van der Waals surface area contributed by atoms with E-state index in [1.165, 1.54) is 0 Å². The van der Waals surface area contributed by atoms with Gasteiger partial charge < -0.3 is 9.64 Å². The summed E-state index contributed by atoms with van der Waals surface area (Å²) in [6.07, 6.45) is 6.08. The van der Waals surface area contributed by atoms with Gasteiger partial charge in [-0.15, -0.1) is 0 Å². The van der Waals surface area contributed by atoms with Crippen molar-refractivity contribution in [2.75, 3.05) is 20.2 Å². The Bertz CT molecular complexity index is 326. The van der Waals surface area contributed by atoms with E-state index >= 15 is 0 Å². The second kappa shape index (κ2) is 3.15. The number of ether oxygens (including phenoxy) is 1. The average Bonchev–Trinajstić information content (AvgIpc) is 2.23. The molecule has 0 aromatic heterocycles. The first kappa shape index (κ1) is 9.31. The van der Waals surface area contributed by atoms with Gasteiger partial charge in [0.15, 0.2) is 11.6 Å². The molecule has 3 heteroatoms. The van der Waals surface area contributed by atoms with Crippen LogP contribution in [0.1, 0.15) is 13.8 Å². The minimum atomic E-state index is 0.0266. The highest BCUT2D eigenvalue weighted by molar-refractivity contribution is 5.97. The number of amidine groups is 1. The van der Waals surface area contributed by atoms with Gasteiger partial charge in [0, 0.05) is 18.7 Å². The van der Waals surface area contributed by atoms with E-state index < -0.39 is 0 Å². The van der Waals surface area contributed by atoms with Crippen LogP contribution in [0.2, 0.25) is 0 Å². The number of morpholine rings is 1. The number of likely N-dealkylation sites (N-methyl/N-ethyl adjacent to an activating group) is 1. The Labute approximate surface area is 84.8 Å². The Morgan fingerprint density at radius 3 is 3.07 bits per heavy atom. The molecule has 1 fully saturated rings. The fourth-order valence-corrected chi connectivity index (χ4v) is 1.61. The molecule has 2 aliphatic heterocycles. The van der Waals surface area contributed by atoms with E-state index in [9.17, 15) is 0 Å². The summed E-state index contributed by atoms with van der Waals surface area (Å²) in [4.78, 5) is 6.52. The van der Waals surface area contributed by atoms with Crippen LogP contribution in [0.15, 0.2) is 29.1 Å². The summed E-state index contributed by atoms with van der Waals surface area (Å²) in [5.41, 5.74) is 0.0266.